The lowest BCUT2D eigenvalue weighted by atomic mass is 9.74. The summed E-state index contributed by atoms with van der Waals surface area (Å²) in [6.07, 6.45) is 2.27. The average Bonchev–Trinajstić information content (AvgIpc) is 2.32. The summed E-state index contributed by atoms with van der Waals surface area (Å²) in [5, 5.41) is 3.28. The van der Waals surface area contributed by atoms with E-state index >= 15 is 0 Å². The van der Waals surface area contributed by atoms with Gasteiger partial charge in [0.25, 0.3) is 0 Å². The first-order chi connectivity index (χ1) is 9.06. The van der Waals surface area contributed by atoms with Crippen LogP contribution in [0.4, 0.5) is 0 Å². The van der Waals surface area contributed by atoms with Crippen LogP contribution in [0.1, 0.15) is 36.8 Å². The Balaban J connectivity index is 0.00000200. The number of aliphatic imine (C=N–C) groups is 1. The van der Waals surface area contributed by atoms with Crippen LogP contribution in [0.5, 0.6) is 0 Å². The Morgan fingerprint density at radius 2 is 2.05 bits per heavy atom. The van der Waals surface area contributed by atoms with Gasteiger partial charge in [-0.25, -0.2) is 4.99 Å². The second kappa shape index (κ2) is 7.67. The highest BCUT2D eigenvalue weighted by Gasteiger charge is 2.31. The SMILES string of the molecule is C=C(C)CN=C(N)NC1CC(c2ccccc2C)C1.I. The molecule has 20 heavy (non-hydrogen) atoms. The summed E-state index contributed by atoms with van der Waals surface area (Å²) < 4.78 is 0. The van der Waals surface area contributed by atoms with Crippen LogP contribution >= 0.6 is 24.0 Å². The molecule has 0 amide bonds. The van der Waals surface area contributed by atoms with Crippen molar-refractivity contribution in [2.75, 3.05) is 6.54 Å². The van der Waals surface area contributed by atoms with E-state index in [1.807, 2.05) is 6.92 Å². The molecule has 1 aromatic rings. The smallest absolute Gasteiger partial charge is 0.189 e. The Bertz CT molecular complexity index is 490. The number of rotatable bonds is 4. The number of benzene rings is 1. The van der Waals surface area contributed by atoms with Crippen LogP contribution in [-0.4, -0.2) is 18.5 Å². The van der Waals surface area contributed by atoms with Crippen LogP contribution in [-0.2, 0) is 0 Å². The summed E-state index contributed by atoms with van der Waals surface area (Å²) in [7, 11) is 0. The molecule has 1 aliphatic carbocycles. The molecule has 0 heterocycles. The van der Waals surface area contributed by atoms with E-state index in [2.05, 4.69) is 48.1 Å². The first-order valence-electron chi connectivity index (χ1n) is 6.82. The first kappa shape index (κ1) is 17.0. The van der Waals surface area contributed by atoms with Crippen LogP contribution in [0, 0.1) is 6.92 Å². The number of aryl methyl sites for hydroxylation is 1. The topological polar surface area (TPSA) is 50.4 Å². The Hall–Kier alpha value is -1.04. The molecule has 0 aromatic heterocycles. The van der Waals surface area contributed by atoms with Crippen molar-refractivity contribution in [3.8, 4) is 0 Å². The number of nitrogens with two attached hydrogens (primary N) is 1. The number of nitrogens with zero attached hydrogens (tertiary/aromatic N) is 1. The highest BCUT2D eigenvalue weighted by atomic mass is 127. The molecule has 110 valence electrons. The summed E-state index contributed by atoms with van der Waals surface area (Å²) in [4.78, 5) is 4.24. The summed E-state index contributed by atoms with van der Waals surface area (Å²) in [6.45, 7) is 8.55. The van der Waals surface area contributed by atoms with Gasteiger partial charge < -0.3 is 11.1 Å². The molecular weight excluding hydrogens is 361 g/mol. The molecule has 0 saturated heterocycles. The molecule has 0 bridgehead atoms. The number of hydrogen-bond donors (Lipinski definition) is 2. The Morgan fingerprint density at radius 3 is 2.65 bits per heavy atom. The Kier molecular flexibility index (Phi) is 6.52. The number of nitrogens with one attached hydrogen (secondary N) is 1. The normalized spacial score (nSPS) is 21.6. The van der Waals surface area contributed by atoms with Crippen molar-refractivity contribution >= 4 is 29.9 Å². The van der Waals surface area contributed by atoms with E-state index in [0.717, 1.165) is 18.4 Å². The Labute approximate surface area is 138 Å². The van der Waals surface area contributed by atoms with E-state index in [1.165, 1.54) is 11.1 Å². The predicted molar refractivity (Wildman–Crippen MR) is 96.8 cm³/mol. The van der Waals surface area contributed by atoms with E-state index in [0.29, 0.717) is 24.5 Å². The Morgan fingerprint density at radius 1 is 1.40 bits per heavy atom. The lowest BCUT2D eigenvalue weighted by Crippen LogP contribution is -2.46. The average molecular weight is 385 g/mol. The third kappa shape index (κ3) is 4.51. The van der Waals surface area contributed by atoms with Crippen molar-refractivity contribution in [3.05, 3.63) is 47.5 Å². The van der Waals surface area contributed by atoms with Crippen LogP contribution in [0.15, 0.2) is 41.4 Å². The summed E-state index contributed by atoms with van der Waals surface area (Å²) in [5.41, 5.74) is 9.72. The van der Waals surface area contributed by atoms with Gasteiger partial charge >= 0.3 is 0 Å². The van der Waals surface area contributed by atoms with Crippen molar-refractivity contribution in [1.29, 1.82) is 0 Å². The standard InChI is InChI=1S/C16H23N3.HI/c1-11(2)10-18-16(17)19-14-8-13(9-14)15-7-5-4-6-12(15)3;/h4-7,13-14H,1,8-10H2,2-3H3,(H3,17,18,19);1H. The maximum Gasteiger partial charge on any atom is 0.189 e. The van der Waals surface area contributed by atoms with E-state index in [9.17, 15) is 0 Å². The van der Waals surface area contributed by atoms with Crippen molar-refractivity contribution in [2.24, 2.45) is 10.7 Å². The zero-order valence-electron chi connectivity index (χ0n) is 12.2. The zero-order valence-corrected chi connectivity index (χ0v) is 14.6. The molecule has 1 aromatic carbocycles. The quantitative estimate of drug-likeness (QED) is 0.362. The molecule has 2 rings (SSSR count). The van der Waals surface area contributed by atoms with Gasteiger partial charge in [0.15, 0.2) is 5.96 Å². The van der Waals surface area contributed by atoms with Crippen LogP contribution in [0.25, 0.3) is 0 Å². The number of halogens is 1. The minimum absolute atomic E-state index is 0. The molecule has 0 spiro atoms. The van der Waals surface area contributed by atoms with Crippen LogP contribution in [0.3, 0.4) is 0 Å². The van der Waals surface area contributed by atoms with Gasteiger partial charge in [0, 0.05) is 6.04 Å². The third-order valence-corrected chi connectivity index (χ3v) is 3.64. The maximum atomic E-state index is 5.84. The fourth-order valence-electron chi connectivity index (χ4n) is 2.51. The zero-order chi connectivity index (χ0) is 13.8. The monoisotopic (exact) mass is 385 g/mol. The molecule has 0 atom stereocenters. The van der Waals surface area contributed by atoms with Crippen molar-refractivity contribution in [2.45, 2.75) is 38.6 Å². The second-order valence-electron chi connectivity index (χ2n) is 5.52. The van der Waals surface area contributed by atoms with Crippen molar-refractivity contribution in [1.82, 2.24) is 5.32 Å². The van der Waals surface area contributed by atoms with Gasteiger partial charge in [-0.1, -0.05) is 36.4 Å². The van der Waals surface area contributed by atoms with Crippen molar-refractivity contribution < 1.29 is 0 Å². The lowest BCUT2D eigenvalue weighted by molar-refractivity contribution is 0.322. The molecular formula is C16H24IN3. The second-order valence-corrected chi connectivity index (χ2v) is 5.52. The molecule has 1 fully saturated rings. The highest BCUT2D eigenvalue weighted by Crippen LogP contribution is 2.38. The maximum absolute atomic E-state index is 5.84. The molecule has 0 aliphatic heterocycles. The van der Waals surface area contributed by atoms with Gasteiger partial charge in [0.05, 0.1) is 6.54 Å². The van der Waals surface area contributed by atoms with Gasteiger partial charge in [-0.2, -0.15) is 0 Å². The molecule has 0 unspecified atom stereocenters. The van der Waals surface area contributed by atoms with Gasteiger partial charge in [-0.05, 0) is 43.7 Å². The fourth-order valence-corrected chi connectivity index (χ4v) is 2.51. The minimum atomic E-state index is 0. The van der Waals surface area contributed by atoms with Gasteiger partial charge in [0.2, 0.25) is 0 Å². The summed E-state index contributed by atoms with van der Waals surface area (Å²) in [6, 6.07) is 9.08. The van der Waals surface area contributed by atoms with Crippen molar-refractivity contribution in [3.63, 3.8) is 0 Å². The first-order valence-corrected chi connectivity index (χ1v) is 6.82. The van der Waals surface area contributed by atoms with Gasteiger partial charge in [-0.3, -0.25) is 0 Å². The van der Waals surface area contributed by atoms with E-state index < -0.39 is 0 Å². The predicted octanol–water partition coefficient (Wildman–Crippen LogP) is 3.34. The summed E-state index contributed by atoms with van der Waals surface area (Å²) >= 11 is 0. The third-order valence-electron chi connectivity index (χ3n) is 3.64. The van der Waals surface area contributed by atoms with E-state index in [4.69, 9.17) is 5.73 Å². The van der Waals surface area contributed by atoms with Gasteiger partial charge in [0.1, 0.15) is 0 Å². The van der Waals surface area contributed by atoms with Crippen LogP contribution in [0.2, 0.25) is 0 Å². The number of guanidine groups is 1. The molecule has 4 heteroatoms. The highest BCUT2D eigenvalue weighted by molar-refractivity contribution is 14.0. The molecule has 0 radical (unpaired) electrons. The van der Waals surface area contributed by atoms with E-state index in [-0.39, 0.29) is 24.0 Å². The van der Waals surface area contributed by atoms with Crippen LogP contribution < -0.4 is 11.1 Å². The number of hydrogen-bond acceptors (Lipinski definition) is 1. The molecule has 1 saturated carbocycles. The molecule has 3 N–H and O–H groups in total. The lowest BCUT2D eigenvalue weighted by Gasteiger charge is -2.37. The minimum Gasteiger partial charge on any atom is -0.370 e. The van der Waals surface area contributed by atoms with E-state index in [1.54, 1.807) is 0 Å². The summed E-state index contributed by atoms with van der Waals surface area (Å²) in [5.74, 6) is 1.20. The molecule has 1 aliphatic rings. The molecule has 3 nitrogen and oxygen atoms in total. The largest absolute Gasteiger partial charge is 0.370 e. The van der Waals surface area contributed by atoms with Gasteiger partial charge in [-0.15, -0.1) is 24.0 Å². The fraction of sp³-hybridized carbons (Fsp3) is 0.438.